The lowest BCUT2D eigenvalue weighted by molar-refractivity contribution is 0.0668. The smallest absolute Gasteiger partial charge is 0.270 e. The Morgan fingerprint density at radius 2 is 2.05 bits per heavy atom. The number of carbonyl (C=O) groups is 1. The minimum absolute atomic E-state index is 0.101. The van der Waals surface area contributed by atoms with Crippen LogP contribution in [0.25, 0.3) is 0 Å². The number of hydrogen-bond acceptors (Lipinski definition) is 2. The molecular formula is C14H24BrN3O. The van der Waals surface area contributed by atoms with Crippen LogP contribution in [0.15, 0.2) is 16.7 Å². The number of likely N-dealkylation sites (N-methyl/N-ethyl adjacent to an activating group) is 2. The first-order valence-electron chi connectivity index (χ1n) is 6.72. The number of nitrogens with zero attached hydrogens (tertiary/aromatic N) is 3. The molecule has 0 radical (unpaired) electrons. The molecule has 1 rings (SSSR count). The summed E-state index contributed by atoms with van der Waals surface area (Å²) in [6, 6.07) is 2.10. The molecule has 4 nitrogen and oxygen atoms in total. The summed E-state index contributed by atoms with van der Waals surface area (Å²) in [4.78, 5) is 16.7. The topological polar surface area (TPSA) is 28.5 Å². The zero-order valence-corrected chi connectivity index (χ0v) is 14.1. The Hall–Kier alpha value is -0.810. The molecule has 1 aromatic heterocycles. The molecule has 0 saturated heterocycles. The van der Waals surface area contributed by atoms with Crippen molar-refractivity contribution in [1.29, 1.82) is 0 Å². The standard InChI is InChI=1S/C14H24BrN3O/c1-6-17-10-12(15)8-13(17)14(19)18(7-2)11(3)9-16(4)5/h8,10-11H,6-7,9H2,1-5H3. The number of rotatable bonds is 6. The van der Waals surface area contributed by atoms with Crippen molar-refractivity contribution in [3.8, 4) is 0 Å². The summed E-state index contributed by atoms with van der Waals surface area (Å²) in [5.41, 5.74) is 0.752. The molecule has 0 aliphatic carbocycles. The van der Waals surface area contributed by atoms with Gasteiger partial charge in [0, 0.05) is 36.3 Å². The van der Waals surface area contributed by atoms with E-state index in [4.69, 9.17) is 0 Å². The van der Waals surface area contributed by atoms with E-state index in [1.807, 2.05) is 49.7 Å². The van der Waals surface area contributed by atoms with E-state index in [9.17, 15) is 4.79 Å². The maximum atomic E-state index is 12.7. The monoisotopic (exact) mass is 329 g/mol. The summed E-state index contributed by atoms with van der Waals surface area (Å²) >= 11 is 3.44. The highest BCUT2D eigenvalue weighted by Gasteiger charge is 2.23. The molecule has 0 saturated carbocycles. The molecule has 1 heterocycles. The number of aromatic nitrogens is 1. The second kappa shape index (κ2) is 7.10. The van der Waals surface area contributed by atoms with Crippen molar-refractivity contribution in [2.45, 2.75) is 33.4 Å². The Morgan fingerprint density at radius 1 is 1.42 bits per heavy atom. The van der Waals surface area contributed by atoms with Gasteiger partial charge in [0.1, 0.15) is 5.69 Å². The molecule has 0 N–H and O–H groups in total. The van der Waals surface area contributed by atoms with Crippen LogP contribution in [0.4, 0.5) is 0 Å². The van der Waals surface area contributed by atoms with Gasteiger partial charge in [-0.1, -0.05) is 0 Å². The van der Waals surface area contributed by atoms with Gasteiger partial charge in [0.2, 0.25) is 0 Å². The van der Waals surface area contributed by atoms with Gasteiger partial charge < -0.3 is 14.4 Å². The van der Waals surface area contributed by atoms with Crippen molar-refractivity contribution in [1.82, 2.24) is 14.4 Å². The number of aryl methyl sites for hydroxylation is 1. The molecule has 0 aliphatic heterocycles. The minimum atomic E-state index is 0.101. The Morgan fingerprint density at radius 3 is 2.53 bits per heavy atom. The maximum Gasteiger partial charge on any atom is 0.270 e. The van der Waals surface area contributed by atoms with Gasteiger partial charge in [-0.3, -0.25) is 4.79 Å². The summed E-state index contributed by atoms with van der Waals surface area (Å²) < 4.78 is 2.94. The fraction of sp³-hybridized carbons (Fsp3) is 0.643. The third-order valence-electron chi connectivity index (χ3n) is 3.19. The normalized spacial score (nSPS) is 12.8. The summed E-state index contributed by atoms with van der Waals surface area (Å²) in [5.74, 6) is 0.101. The van der Waals surface area contributed by atoms with Crippen LogP contribution in [-0.4, -0.2) is 53.5 Å². The molecular weight excluding hydrogens is 306 g/mol. The van der Waals surface area contributed by atoms with Gasteiger partial charge in [0.15, 0.2) is 0 Å². The molecule has 108 valence electrons. The molecule has 19 heavy (non-hydrogen) atoms. The van der Waals surface area contributed by atoms with E-state index in [-0.39, 0.29) is 11.9 Å². The van der Waals surface area contributed by atoms with Crippen LogP contribution in [0.3, 0.4) is 0 Å². The van der Waals surface area contributed by atoms with Crippen molar-refractivity contribution in [3.63, 3.8) is 0 Å². The first-order chi connectivity index (χ1) is 8.90. The van der Waals surface area contributed by atoms with Crippen LogP contribution >= 0.6 is 15.9 Å². The zero-order chi connectivity index (χ0) is 14.6. The van der Waals surface area contributed by atoms with Crippen LogP contribution in [0.5, 0.6) is 0 Å². The fourth-order valence-electron chi connectivity index (χ4n) is 2.35. The second-order valence-electron chi connectivity index (χ2n) is 5.03. The average molecular weight is 330 g/mol. The second-order valence-corrected chi connectivity index (χ2v) is 5.95. The SMILES string of the molecule is CCN(C(=O)c1cc(Br)cn1CC)C(C)CN(C)C. The lowest BCUT2D eigenvalue weighted by Crippen LogP contribution is -2.44. The highest BCUT2D eigenvalue weighted by molar-refractivity contribution is 9.10. The van der Waals surface area contributed by atoms with Crippen molar-refractivity contribution in [3.05, 3.63) is 22.4 Å². The van der Waals surface area contributed by atoms with Gasteiger partial charge >= 0.3 is 0 Å². The van der Waals surface area contributed by atoms with E-state index < -0.39 is 0 Å². The number of halogens is 1. The van der Waals surface area contributed by atoms with Crippen LogP contribution < -0.4 is 0 Å². The van der Waals surface area contributed by atoms with Crippen molar-refractivity contribution < 1.29 is 4.79 Å². The Labute approximate surface area is 124 Å². The van der Waals surface area contributed by atoms with Gasteiger partial charge in [-0.25, -0.2) is 0 Å². The largest absolute Gasteiger partial charge is 0.343 e. The summed E-state index contributed by atoms with van der Waals surface area (Å²) in [5, 5.41) is 0. The van der Waals surface area contributed by atoms with Crippen LogP contribution in [0.1, 0.15) is 31.3 Å². The van der Waals surface area contributed by atoms with E-state index in [1.54, 1.807) is 0 Å². The van der Waals surface area contributed by atoms with Crippen LogP contribution in [0, 0.1) is 0 Å². The van der Waals surface area contributed by atoms with Crippen molar-refractivity contribution >= 4 is 21.8 Å². The van der Waals surface area contributed by atoms with Crippen LogP contribution in [0.2, 0.25) is 0 Å². The quantitative estimate of drug-likeness (QED) is 0.802. The zero-order valence-electron chi connectivity index (χ0n) is 12.5. The molecule has 0 bridgehead atoms. The summed E-state index contributed by atoms with van der Waals surface area (Å²) in [6.45, 7) is 8.55. The molecule has 1 unspecified atom stereocenters. The first-order valence-corrected chi connectivity index (χ1v) is 7.51. The van der Waals surface area contributed by atoms with E-state index in [0.717, 1.165) is 29.8 Å². The van der Waals surface area contributed by atoms with Gasteiger partial charge in [-0.15, -0.1) is 0 Å². The number of hydrogen-bond donors (Lipinski definition) is 0. The molecule has 0 spiro atoms. The van der Waals surface area contributed by atoms with Crippen molar-refractivity contribution in [2.24, 2.45) is 0 Å². The predicted octanol–water partition coefficient (Wildman–Crippen LogP) is 2.68. The molecule has 0 fully saturated rings. The molecule has 5 heteroatoms. The van der Waals surface area contributed by atoms with E-state index in [1.165, 1.54) is 0 Å². The molecule has 1 atom stereocenters. The highest BCUT2D eigenvalue weighted by atomic mass is 79.9. The summed E-state index contributed by atoms with van der Waals surface area (Å²) in [6.07, 6.45) is 1.96. The van der Waals surface area contributed by atoms with E-state index >= 15 is 0 Å². The van der Waals surface area contributed by atoms with Gasteiger partial charge in [0.05, 0.1) is 0 Å². The Balaban J connectivity index is 2.94. The minimum Gasteiger partial charge on any atom is -0.343 e. The third-order valence-corrected chi connectivity index (χ3v) is 3.62. The average Bonchev–Trinajstić information content (AvgIpc) is 2.70. The van der Waals surface area contributed by atoms with Gasteiger partial charge in [-0.2, -0.15) is 0 Å². The van der Waals surface area contributed by atoms with Crippen molar-refractivity contribution in [2.75, 3.05) is 27.2 Å². The fourth-order valence-corrected chi connectivity index (χ4v) is 2.81. The molecule has 1 amide bonds. The molecule has 1 aromatic rings. The predicted molar refractivity (Wildman–Crippen MR) is 82.5 cm³/mol. The molecule has 0 aromatic carbocycles. The molecule has 0 aliphatic rings. The van der Waals surface area contributed by atoms with Gasteiger partial charge in [0.25, 0.3) is 5.91 Å². The highest BCUT2D eigenvalue weighted by Crippen LogP contribution is 2.18. The first kappa shape index (κ1) is 16.2. The number of carbonyl (C=O) groups excluding carboxylic acids is 1. The lowest BCUT2D eigenvalue weighted by Gasteiger charge is -2.30. The third kappa shape index (κ3) is 4.08. The van der Waals surface area contributed by atoms with Gasteiger partial charge in [-0.05, 0) is 56.9 Å². The Bertz CT molecular complexity index is 428. The number of amides is 1. The van der Waals surface area contributed by atoms with E-state index in [0.29, 0.717) is 0 Å². The summed E-state index contributed by atoms with van der Waals surface area (Å²) in [7, 11) is 4.06. The maximum absolute atomic E-state index is 12.7. The lowest BCUT2D eigenvalue weighted by atomic mass is 10.2. The Kier molecular flexibility index (Phi) is 6.07. The van der Waals surface area contributed by atoms with Crippen LogP contribution in [-0.2, 0) is 6.54 Å². The van der Waals surface area contributed by atoms with E-state index in [2.05, 4.69) is 27.8 Å².